The molecule has 7 heteroatoms. The smallest absolute Gasteiger partial charge is 0.198 e. The van der Waals surface area contributed by atoms with Crippen LogP contribution in [-0.4, -0.2) is 24.4 Å². The highest BCUT2D eigenvalue weighted by molar-refractivity contribution is 9.10. The first-order chi connectivity index (χ1) is 8.60. The Bertz CT molecular complexity index is 586. The maximum absolute atomic E-state index is 13.9. The molecular weight excluding hydrogens is 305 g/mol. The quantitative estimate of drug-likeness (QED) is 0.913. The molecule has 96 valence electrons. The van der Waals surface area contributed by atoms with Gasteiger partial charge in [0.15, 0.2) is 17.3 Å². The Kier molecular flexibility index (Phi) is 3.42. The lowest BCUT2D eigenvalue weighted by molar-refractivity contribution is 0.338. The largest absolute Gasteiger partial charge is 0.492 e. The highest BCUT2D eigenvalue weighted by Gasteiger charge is 2.21. The van der Waals surface area contributed by atoms with Gasteiger partial charge in [-0.15, -0.1) is 0 Å². The van der Waals surface area contributed by atoms with Crippen LogP contribution in [0.15, 0.2) is 16.7 Å². The number of hydrogen-bond donors (Lipinski definition) is 2. The average molecular weight is 316 g/mol. The summed E-state index contributed by atoms with van der Waals surface area (Å²) in [6.45, 7) is 0. The molecule has 0 spiro atoms. The van der Waals surface area contributed by atoms with Gasteiger partial charge in [-0.1, -0.05) is 0 Å². The molecule has 3 N–H and O–H groups in total. The summed E-state index contributed by atoms with van der Waals surface area (Å²) in [5, 5.41) is 6.44. The molecule has 1 heterocycles. The number of methoxy groups -OCH3 is 2. The minimum atomic E-state index is -0.528. The molecule has 18 heavy (non-hydrogen) atoms. The van der Waals surface area contributed by atoms with E-state index < -0.39 is 5.82 Å². The number of benzene rings is 1. The molecule has 5 nitrogen and oxygen atoms in total. The van der Waals surface area contributed by atoms with Gasteiger partial charge in [-0.25, -0.2) is 4.39 Å². The second-order valence-corrected chi connectivity index (χ2v) is 4.34. The van der Waals surface area contributed by atoms with Crippen molar-refractivity contribution >= 4 is 21.7 Å². The zero-order valence-electron chi connectivity index (χ0n) is 9.75. The van der Waals surface area contributed by atoms with Crippen molar-refractivity contribution in [1.82, 2.24) is 10.2 Å². The van der Waals surface area contributed by atoms with Gasteiger partial charge in [-0.3, -0.25) is 5.10 Å². The van der Waals surface area contributed by atoms with E-state index in [1.54, 1.807) is 6.07 Å². The minimum absolute atomic E-state index is 0.0162. The van der Waals surface area contributed by atoms with Crippen molar-refractivity contribution in [3.8, 4) is 22.6 Å². The first kappa shape index (κ1) is 12.7. The Hall–Kier alpha value is -1.76. The predicted octanol–water partition coefficient (Wildman–Crippen LogP) is 2.58. The number of rotatable bonds is 3. The van der Waals surface area contributed by atoms with Crippen molar-refractivity contribution in [3.05, 3.63) is 22.6 Å². The van der Waals surface area contributed by atoms with Gasteiger partial charge in [0.05, 0.1) is 24.9 Å². The van der Waals surface area contributed by atoms with Crippen LogP contribution < -0.4 is 15.2 Å². The summed E-state index contributed by atoms with van der Waals surface area (Å²) >= 11 is 3.13. The van der Waals surface area contributed by atoms with Crippen molar-refractivity contribution in [2.45, 2.75) is 0 Å². The number of nitrogen functional groups attached to an aromatic ring is 1. The van der Waals surface area contributed by atoms with Gasteiger partial charge in [0.1, 0.15) is 5.82 Å². The van der Waals surface area contributed by atoms with Gasteiger partial charge in [0, 0.05) is 11.1 Å². The standard InChI is InChI=1S/C11H11BrFN3O2/c1-17-9-5(6-4-15-16-11(6)14)3-7(12)8(13)10(9)18-2/h3-4H,1-2H3,(H3,14,15,16). The number of H-pyrrole nitrogens is 1. The molecule has 1 aromatic heterocycles. The van der Waals surface area contributed by atoms with Crippen molar-refractivity contribution in [2.75, 3.05) is 20.0 Å². The number of aromatic nitrogens is 2. The third-order valence-electron chi connectivity index (χ3n) is 2.50. The fourth-order valence-electron chi connectivity index (χ4n) is 1.68. The Balaban J connectivity index is 2.75. The molecule has 0 radical (unpaired) electrons. The lowest BCUT2D eigenvalue weighted by atomic mass is 10.1. The number of nitrogens with two attached hydrogens (primary N) is 1. The van der Waals surface area contributed by atoms with Gasteiger partial charge in [0.25, 0.3) is 0 Å². The normalized spacial score (nSPS) is 10.4. The van der Waals surface area contributed by atoms with Crippen molar-refractivity contribution in [1.29, 1.82) is 0 Å². The zero-order chi connectivity index (χ0) is 13.3. The zero-order valence-corrected chi connectivity index (χ0v) is 11.3. The third kappa shape index (κ3) is 1.90. The van der Waals surface area contributed by atoms with Crippen LogP contribution in [0.2, 0.25) is 0 Å². The number of hydrogen-bond acceptors (Lipinski definition) is 4. The van der Waals surface area contributed by atoms with Crippen LogP contribution in [-0.2, 0) is 0 Å². The van der Waals surface area contributed by atoms with Crippen LogP contribution in [0.5, 0.6) is 11.5 Å². The van der Waals surface area contributed by atoms with Gasteiger partial charge < -0.3 is 15.2 Å². The summed E-state index contributed by atoms with van der Waals surface area (Å²) in [5.41, 5.74) is 6.96. The maximum atomic E-state index is 13.9. The highest BCUT2D eigenvalue weighted by atomic mass is 79.9. The molecule has 2 rings (SSSR count). The molecule has 0 saturated carbocycles. The SMILES string of the molecule is COc1c(-c2cn[nH]c2N)cc(Br)c(F)c1OC. The number of halogens is 2. The number of nitrogens with zero attached hydrogens (tertiary/aromatic N) is 1. The molecule has 0 aliphatic heterocycles. The van der Waals surface area contributed by atoms with Crippen LogP contribution >= 0.6 is 15.9 Å². The molecular formula is C11H11BrFN3O2. The third-order valence-corrected chi connectivity index (χ3v) is 3.08. The number of ether oxygens (including phenoxy) is 2. The predicted molar refractivity (Wildman–Crippen MR) is 69.2 cm³/mol. The van der Waals surface area contributed by atoms with Crippen LogP contribution in [0.4, 0.5) is 10.2 Å². The van der Waals surface area contributed by atoms with Gasteiger partial charge in [-0.2, -0.15) is 5.10 Å². The summed E-state index contributed by atoms with van der Waals surface area (Å²) in [7, 11) is 2.81. The monoisotopic (exact) mass is 315 g/mol. The van der Waals surface area contributed by atoms with Crippen LogP contribution in [0, 0.1) is 5.82 Å². The van der Waals surface area contributed by atoms with Crippen LogP contribution in [0.1, 0.15) is 0 Å². The van der Waals surface area contributed by atoms with Crippen LogP contribution in [0.25, 0.3) is 11.1 Å². The van der Waals surface area contributed by atoms with Gasteiger partial charge in [-0.05, 0) is 22.0 Å². The van der Waals surface area contributed by atoms with Gasteiger partial charge >= 0.3 is 0 Å². The summed E-state index contributed by atoms with van der Waals surface area (Å²) in [6, 6.07) is 1.57. The van der Waals surface area contributed by atoms with Crippen LogP contribution in [0.3, 0.4) is 0 Å². The molecule has 0 amide bonds. The molecule has 1 aromatic carbocycles. The molecule has 0 aliphatic rings. The van der Waals surface area contributed by atoms with E-state index in [2.05, 4.69) is 26.1 Å². The van der Waals surface area contributed by atoms with E-state index in [9.17, 15) is 4.39 Å². The molecule has 0 fully saturated rings. The Labute approximate surface area is 111 Å². The molecule has 0 bridgehead atoms. The number of anilines is 1. The van der Waals surface area contributed by atoms with E-state index in [-0.39, 0.29) is 16.0 Å². The Morgan fingerprint density at radius 2 is 1.94 bits per heavy atom. The van der Waals surface area contributed by atoms with E-state index in [1.165, 1.54) is 20.4 Å². The molecule has 2 aromatic rings. The summed E-state index contributed by atoms with van der Waals surface area (Å²) < 4.78 is 24.3. The Morgan fingerprint density at radius 3 is 2.44 bits per heavy atom. The van der Waals surface area contributed by atoms with Crippen molar-refractivity contribution in [2.24, 2.45) is 0 Å². The minimum Gasteiger partial charge on any atom is -0.492 e. The molecule has 0 unspecified atom stereocenters. The lowest BCUT2D eigenvalue weighted by Gasteiger charge is -2.14. The Morgan fingerprint density at radius 1 is 1.28 bits per heavy atom. The first-order valence-electron chi connectivity index (χ1n) is 4.99. The van der Waals surface area contributed by atoms with Crippen molar-refractivity contribution < 1.29 is 13.9 Å². The van der Waals surface area contributed by atoms with E-state index in [0.29, 0.717) is 16.9 Å². The molecule has 0 atom stereocenters. The van der Waals surface area contributed by atoms with E-state index in [1.807, 2.05) is 0 Å². The molecule has 0 saturated heterocycles. The van der Waals surface area contributed by atoms with Crippen molar-refractivity contribution in [3.63, 3.8) is 0 Å². The topological polar surface area (TPSA) is 73.2 Å². The van der Waals surface area contributed by atoms with E-state index in [0.717, 1.165) is 0 Å². The summed E-state index contributed by atoms with van der Waals surface area (Å²) in [5.74, 6) is 0.128. The average Bonchev–Trinajstić information content (AvgIpc) is 2.78. The van der Waals surface area contributed by atoms with E-state index >= 15 is 0 Å². The number of aromatic amines is 1. The van der Waals surface area contributed by atoms with Gasteiger partial charge in [0.2, 0.25) is 0 Å². The fourth-order valence-corrected chi connectivity index (χ4v) is 2.09. The highest BCUT2D eigenvalue weighted by Crippen LogP contribution is 2.44. The second kappa shape index (κ2) is 4.85. The fraction of sp³-hybridized carbons (Fsp3) is 0.182. The first-order valence-corrected chi connectivity index (χ1v) is 5.78. The number of nitrogens with one attached hydrogen (secondary N) is 1. The molecule has 0 aliphatic carbocycles. The maximum Gasteiger partial charge on any atom is 0.198 e. The summed E-state index contributed by atoms with van der Waals surface area (Å²) in [6.07, 6.45) is 1.54. The second-order valence-electron chi connectivity index (χ2n) is 3.48. The lowest BCUT2D eigenvalue weighted by Crippen LogP contribution is -1.98. The van der Waals surface area contributed by atoms with E-state index in [4.69, 9.17) is 15.2 Å². The summed E-state index contributed by atoms with van der Waals surface area (Å²) in [4.78, 5) is 0.